The van der Waals surface area contributed by atoms with E-state index < -0.39 is 14.9 Å². The number of nitro benzene ring substituents is 1. The number of carbonyl (C=O) groups excluding carboxylic acids is 1. The lowest BCUT2D eigenvalue weighted by Gasteiger charge is -2.09. The Morgan fingerprint density at radius 1 is 1.28 bits per heavy atom. The molecule has 0 aliphatic heterocycles. The van der Waals surface area contributed by atoms with E-state index in [9.17, 15) is 23.3 Å². The van der Waals surface area contributed by atoms with Gasteiger partial charge in [0.05, 0.1) is 4.92 Å². The van der Waals surface area contributed by atoms with Crippen molar-refractivity contribution in [1.29, 1.82) is 0 Å². The van der Waals surface area contributed by atoms with Crippen molar-refractivity contribution < 1.29 is 18.1 Å². The number of rotatable bonds is 3. The molecule has 0 saturated heterocycles. The highest BCUT2D eigenvalue weighted by Crippen LogP contribution is 2.32. The summed E-state index contributed by atoms with van der Waals surface area (Å²) in [7, 11) is -4.25. The van der Waals surface area contributed by atoms with Gasteiger partial charge in [-0.25, -0.2) is 4.79 Å². The number of nitro groups is 1. The first-order chi connectivity index (χ1) is 8.22. The van der Waals surface area contributed by atoms with E-state index in [1.54, 1.807) is 0 Å². The summed E-state index contributed by atoms with van der Waals surface area (Å²) in [5, 5.41) is 10.9. The number of nitrogens with zero attached hydrogens (tertiary/aromatic N) is 2. The van der Waals surface area contributed by atoms with Gasteiger partial charge in [0.1, 0.15) is 4.90 Å². The van der Waals surface area contributed by atoms with Crippen LogP contribution in [0.25, 0.3) is 0 Å². The minimum Gasteiger partial charge on any atom is -0.258 e. The lowest BCUT2D eigenvalue weighted by atomic mass is 10.1. The maximum atomic E-state index is 11.7. The zero-order valence-electron chi connectivity index (χ0n) is 9.92. The third-order valence-electron chi connectivity index (χ3n) is 2.46. The Bertz CT molecular complexity index is 672. The number of isocyanates is 1. The van der Waals surface area contributed by atoms with E-state index in [1.165, 1.54) is 26.8 Å². The molecule has 0 saturated carbocycles. The lowest BCUT2D eigenvalue weighted by molar-refractivity contribution is -0.386. The molecule has 0 aliphatic rings. The van der Waals surface area contributed by atoms with Crippen LogP contribution in [0.15, 0.2) is 15.4 Å². The molecule has 18 heavy (non-hydrogen) atoms. The molecule has 0 spiro atoms. The average Bonchev–Trinajstić information content (AvgIpc) is 2.14. The fourth-order valence-corrected chi connectivity index (χ4v) is 3.07. The van der Waals surface area contributed by atoms with Gasteiger partial charge in [-0.05, 0) is 32.4 Å². The van der Waals surface area contributed by atoms with Crippen molar-refractivity contribution in [1.82, 2.24) is 0 Å². The molecule has 0 unspecified atom stereocenters. The Labute approximate surface area is 103 Å². The van der Waals surface area contributed by atoms with Crippen LogP contribution in [0.3, 0.4) is 0 Å². The zero-order valence-corrected chi connectivity index (χ0v) is 10.7. The van der Waals surface area contributed by atoms with Crippen LogP contribution in [0.1, 0.15) is 16.7 Å². The Hall–Kier alpha value is -2.05. The van der Waals surface area contributed by atoms with Gasteiger partial charge in [-0.3, -0.25) is 10.1 Å². The van der Waals surface area contributed by atoms with E-state index in [2.05, 4.69) is 4.40 Å². The Morgan fingerprint density at radius 3 is 2.28 bits per heavy atom. The van der Waals surface area contributed by atoms with E-state index in [0.717, 1.165) is 6.08 Å². The second-order valence-corrected chi connectivity index (χ2v) is 5.27. The topological polar surface area (TPSA) is 107 Å². The standard InChI is InChI=1S/C10H10N2O5S/c1-6-4-7(2)10(18(16,17)11-5-13)8(3)9(6)12(14)15/h4H,1-3H3. The van der Waals surface area contributed by atoms with Crippen LogP contribution in [0.2, 0.25) is 0 Å². The van der Waals surface area contributed by atoms with Crippen molar-refractivity contribution in [2.45, 2.75) is 25.7 Å². The molecule has 0 amide bonds. The van der Waals surface area contributed by atoms with Gasteiger partial charge in [0.2, 0.25) is 0 Å². The summed E-state index contributed by atoms with van der Waals surface area (Å²) < 4.78 is 26.1. The second kappa shape index (κ2) is 4.67. The normalized spacial score (nSPS) is 10.8. The SMILES string of the molecule is Cc1cc(C)c(S(=O)(=O)N=C=O)c(C)c1[N+](=O)[O-]. The zero-order chi connectivity index (χ0) is 14.1. The monoisotopic (exact) mass is 270 g/mol. The number of benzene rings is 1. The van der Waals surface area contributed by atoms with Crippen LogP contribution < -0.4 is 0 Å². The van der Waals surface area contributed by atoms with Gasteiger partial charge in [0, 0.05) is 11.1 Å². The van der Waals surface area contributed by atoms with Gasteiger partial charge < -0.3 is 0 Å². The Kier molecular flexibility index (Phi) is 3.64. The summed E-state index contributed by atoms with van der Waals surface area (Å²) in [6, 6.07) is 1.37. The first-order valence-corrected chi connectivity index (χ1v) is 6.25. The molecule has 0 aromatic heterocycles. The predicted molar refractivity (Wildman–Crippen MR) is 62.6 cm³/mol. The number of sulfonamides is 1. The molecule has 1 rings (SSSR count). The first-order valence-electron chi connectivity index (χ1n) is 4.81. The number of hydrogen-bond donors (Lipinski definition) is 0. The number of aryl methyl sites for hydroxylation is 2. The van der Waals surface area contributed by atoms with E-state index in [0.29, 0.717) is 11.1 Å². The van der Waals surface area contributed by atoms with Crippen molar-refractivity contribution in [3.63, 3.8) is 0 Å². The highest BCUT2D eigenvalue weighted by Gasteiger charge is 2.27. The van der Waals surface area contributed by atoms with Gasteiger partial charge in [0.25, 0.3) is 21.8 Å². The van der Waals surface area contributed by atoms with Gasteiger partial charge in [-0.2, -0.15) is 8.42 Å². The molecule has 8 heteroatoms. The van der Waals surface area contributed by atoms with Gasteiger partial charge in [0.15, 0.2) is 0 Å². The van der Waals surface area contributed by atoms with Crippen LogP contribution >= 0.6 is 0 Å². The molecular weight excluding hydrogens is 260 g/mol. The molecule has 0 fully saturated rings. The second-order valence-electron chi connectivity index (χ2n) is 3.73. The molecule has 1 aromatic carbocycles. The molecule has 7 nitrogen and oxygen atoms in total. The minimum atomic E-state index is -4.25. The summed E-state index contributed by atoms with van der Waals surface area (Å²) in [4.78, 5) is 20.0. The molecule has 0 N–H and O–H groups in total. The molecule has 0 aliphatic carbocycles. The molecule has 1 aromatic rings. The third-order valence-corrected chi connectivity index (χ3v) is 3.92. The lowest BCUT2D eigenvalue weighted by Crippen LogP contribution is -2.06. The van der Waals surface area contributed by atoms with Crippen LogP contribution in [0, 0.1) is 30.9 Å². The maximum Gasteiger partial charge on any atom is 0.293 e. The van der Waals surface area contributed by atoms with Crippen LogP contribution in [0.5, 0.6) is 0 Å². The van der Waals surface area contributed by atoms with E-state index in [-0.39, 0.29) is 16.1 Å². The third kappa shape index (κ3) is 2.29. The van der Waals surface area contributed by atoms with Gasteiger partial charge in [-0.1, -0.05) is 4.40 Å². The summed E-state index contributed by atoms with van der Waals surface area (Å²) in [6.45, 7) is 4.31. The maximum absolute atomic E-state index is 11.7. The molecular formula is C10H10N2O5S. The van der Waals surface area contributed by atoms with E-state index in [4.69, 9.17) is 0 Å². The summed E-state index contributed by atoms with van der Waals surface area (Å²) in [5.41, 5.74) is 0.329. The molecule has 0 atom stereocenters. The molecule has 96 valence electrons. The van der Waals surface area contributed by atoms with Crippen LogP contribution in [-0.2, 0) is 14.8 Å². The predicted octanol–water partition coefficient (Wildman–Crippen LogP) is 1.54. The summed E-state index contributed by atoms with van der Waals surface area (Å²) >= 11 is 0. The van der Waals surface area contributed by atoms with Gasteiger partial charge >= 0.3 is 0 Å². The van der Waals surface area contributed by atoms with E-state index >= 15 is 0 Å². The molecule has 0 bridgehead atoms. The smallest absolute Gasteiger partial charge is 0.258 e. The molecule has 0 radical (unpaired) electrons. The Morgan fingerprint density at radius 2 is 1.83 bits per heavy atom. The number of hydrogen-bond acceptors (Lipinski definition) is 5. The highest BCUT2D eigenvalue weighted by atomic mass is 32.2. The van der Waals surface area contributed by atoms with Crippen molar-refractivity contribution in [3.05, 3.63) is 32.9 Å². The minimum absolute atomic E-state index is 0.0310. The summed E-state index contributed by atoms with van der Waals surface area (Å²) in [6.07, 6.45) is 0.941. The van der Waals surface area contributed by atoms with Crippen LogP contribution in [0.4, 0.5) is 5.69 Å². The largest absolute Gasteiger partial charge is 0.293 e. The molecule has 0 heterocycles. The summed E-state index contributed by atoms with van der Waals surface area (Å²) in [5.74, 6) is 0. The Balaban J connectivity index is 3.82. The van der Waals surface area contributed by atoms with E-state index in [1.807, 2.05) is 0 Å². The van der Waals surface area contributed by atoms with Gasteiger partial charge in [-0.15, -0.1) is 0 Å². The fraction of sp³-hybridized carbons (Fsp3) is 0.300. The fourth-order valence-electron chi connectivity index (χ4n) is 1.93. The quantitative estimate of drug-likeness (QED) is 0.358. The van der Waals surface area contributed by atoms with Crippen molar-refractivity contribution in [2.75, 3.05) is 0 Å². The van der Waals surface area contributed by atoms with Crippen molar-refractivity contribution in [3.8, 4) is 0 Å². The first kappa shape index (κ1) is 14.0. The average molecular weight is 270 g/mol. The van der Waals surface area contributed by atoms with Crippen molar-refractivity contribution >= 4 is 21.8 Å². The van der Waals surface area contributed by atoms with Crippen molar-refractivity contribution in [2.24, 2.45) is 4.40 Å². The van der Waals surface area contributed by atoms with Crippen LogP contribution in [-0.4, -0.2) is 19.4 Å². The highest BCUT2D eigenvalue weighted by molar-refractivity contribution is 7.90.